The molecule has 5 nitrogen and oxygen atoms in total. The zero-order valence-electron chi connectivity index (χ0n) is 11.2. The van der Waals surface area contributed by atoms with Gasteiger partial charge in [0.2, 0.25) is 5.91 Å². The van der Waals surface area contributed by atoms with Crippen molar-refractivity contribution in [1.82, 2.24) is 9.97 Å². The van der Waals surface area contributed by atoms with Gasteiger partial charge in [0, 0.05) is 11.8 Å². The Bertz CT molecular complexity index is 780. The SMILES string of the molecule is Cc1cc(=O)[nH]c(SCC(=O)Nc2cc(Cl)c(Cl)cc2Cl)n1. The summed E-state index contributed by atoms with van der Waals surface area (Å²) < 4.78 is 0. The molecular weight excluding hydrogens is 369 g/mol. The zero-order valence-corrected chi connectivity index (χ0v) is 14.3. The first kappa shape index (κ1) is 17.1. The van der Waals surface area contributed by atoms with Crippen molar-refractivity contribution in [1.29, 1.82) is 0 Å². The van der Waals surface area contributed by atoms with Crippen LogP contribution in [0.2, 0.25) is 15.1 Å². The van der Waals surface area contributed by atoms with E-state index in [9.17, 15) is 9.59 Å². The van der Waals surface area contributed by atoms with Gasteiger partial charge in [0.1, 0.15) is 0 Å². The molecule has 2 aromatic rings. The molecule has 116 valence electrons. The first-order chi connectivity index (χ1) is 10.3. The number of aryl methyl sites for hydroxylation is 1. The van der Waals surface area contributed by atoms with Crippen LogP contribution in [0.25, 0.3) is 0 Å². The average Bonchev–Trinajstić information content (AvgIpc) is 2.41. The largest absolute Gasteiger partial charge is 0.324 e. The summed E-state index contributed by atoms with van der Waals surface area (Å²) >= 11 is 18.8. The molecule has 0 fully saturated rings. The number of hydrogen-bond donors (Lipinski definition) is 2. The fourth-order valence-corrected chi connectivity index (χ4v) is 2.87. The smallest absolute Gasteiger partial charge is 0.251 e. The van der Waals surface area contributed by atoms with Gasteiger partial charge in [-0.15, -0.1) is 0 Å². The van der Waals surface area contributed by atoms with Gasteiger partial charge in [0.15, 0.2) is 5.16 Å². The van der Waals surface area contributed by atoms with Crippen molar-refractivity contribution in [3.8, 4) is 0 Å². The lowest BCUT2D eigenvalue weighted by Gasteiger charge is -2.08. The third-order valence-corrected chi connectivity index (χ3v) is 4.38. The molecule has 22 heavy (non-hydrogen) atoms. The second kappa shape index (κ2) is 7.37. The molecule has 0 saturated carbocycles. The van der Waals surface area contributed by atoms with Crippen LogP contribution in [-0.2, 0) is 4.79 Å². The predicted octanol–water partition coefficient (Wildman–Crippen LogP) is 3.77. The summed E-state index contributed by atoms with van der Waals surface area (Å²) in [4.78, 5) is 29.9. The van der Waals surface area contributed by atoms with E-state index >= 15 is 0 Å². The number of aromatic nitrogens is 2. The molecule has 0 aliphatic carbocycles. The highest BCUT2D eigenvalue weighted by atomic mass is 35.5. The number of nitrogens with zero attached hydrogens (tertiary/aromatic N) is 1. The summed E-state index contributed by atoms with van der Waals surface area (Å²) in [7, 11) is 0. The zero-order chi connectivity index (χ0) is 16.3. The number of carbonyl (C=O) groups is 1. The number of nitrogens with one attached hydrogen (secondary N) is 2. The van der Waals surface area contributed by atoms with Crippen molar-refractivity contribution in [2.24, 2.45) is 0 Å². The minimum atomic E-state index is -0.311. The molecule has 2 N–H and O–H groups in total. The van der Waals surface area contributed by atoms with Gasteiger partial charge in [-0.2, -0.15) is 0 Å². The Morgan fingerprint density at radius 1 is 1.23 bits per heavy atom. The van der Waals surface area contributed by atoms with E-state index in [2.05, 4.69) is 15.3 Å². The van der Waals surface area contributed by atoms with Gasteiger partial charge in [0.05, 0.1) is 26.5 Å². The summed E-state index contributed by atoms with van der Waals surface area (Å²) in [6.45, 7) is 1.70. The second-order valence-corrected chi connectivity index (χ2v) is 6.46. The van der Waals surface area contributed by atoms with Gasteiger partial charge in [-0.1, -0.05) is 46.6 Å². The first-order valence-electron chi connectivity index (χ1n) is 6.00. The Morgan fingerprint density at radius 2 is 1.91 bits per heavy atom. The highest BCUT2D eigenvalue weighted by Gasteiger charge is 2.10. The standard InChI is InChI=1S/C13H10Cl3N3O2S/c1-6-2-11(20)19-13(17-6)22-5-12(21)18-10-4-8(15)7(14)3-9(10)16/h2-4H,5H2,1H3,(H,18,21)(H,17,19,20). The molecule has 0 unspecified atom stereocenters. The Hall–Kier alpha value is -1.21. The average molecular weight is 379 g/mol. The van der Waals surface area contributed by atoms with Gasteiger partial charge in [-0.05, 0) is 19.1 Å². The highest BCUT2D eigenvalue weighted by Crippen LogP contribution is 2.32. The molecule has 0 atom stereocenters. The van der Waals surface area contributed by atoms with E-state index in [1.807, 2.05) is 0 Å². The molecule has 0 aliphatic heterocycles. The van der Waals surface area contributed by atoms with E-state index in [0.717, 1.165) is 11.8 Å². The van der Waals surface area contributed by atoms with Crippen molar-refractivity contribution >= 4 is 58.2 Å². The van der Waals surface area contributed by atoms with Gasteiger partial charge < -0.3 is 10.3 Å². The first-order valence-corrected chi connectivity index (χ1v) is 8.12. The van der Waals surface area contributed by atoms with E-state index in [1.165, 1.54) is 18.2 Å². The van der Waals surface area contributed by atoms with Gasteiger partial charge >= 0.3 is 0 Å². The van der Waals surface area contributed by atoms with Gasteiger partial charge in [-0.3, -0.25) is 9.59 Å². The Morgan fingerprint density at radius 3 is 2.59 bits per heavy atom. The number of carbonyl (C=O) groups excluding carboxylic acids is 1. The van der Waals surface area contributed by atoms with E-state index in [1.54, 1.807) is 6.92 Å². The fraction of sp³-hybridized carbons (Fsp3) is 0.154. The minimum Gasteiger partial charge on any atom is -0.324 e. The highest BCUT2D eigenvalue weighted by molar-refractivity contribution is 7.99. The number of aromatic amines is 1. The van der Waals surface area contributed by atoms with Crippen LogP contribution in [0.15, 0.2) is 28.2 Å². The maximum atomic E-state index is 11.9. The number of anilines is 1. The predicted molar refractivity (Wildman–Crippen MR) is 90.4 cm³/mol. The number of amides is 1. The summed E-state index contributed by atoms with van der Waals surface area (Å²) in [6, 6.07) is 4.30. The van der Waals surface area contributed by atoms with Crippen LogP contribution in [0.5, 0.6) is 0 Å². The van der Waals surface area contributed by atoms with E-state index < -0.39 is 0 Å². The van der Waals surface area contributed by atoms with Gasteiger partial charge in [0.25, 0.3) is 5.56 Å². The third-order valence-electron chi connectivity index (χ3n) is 2.47. The second-order valence-electron chi connectivity index (χ2n) is 4.27. The summed E-state index contributed by atoms with van der Waals surface area (Å²) in [6.07, 6.45) is 0. The molecule has 0 saturated heterocycles. The van der Waals surface area contributed by atoms with Gasteiger partial charge in [-0.25, -0.2) is 4.98 Å². The molecule has 0 bridgehead atoms. The number of hydrogen-bond acceptors (Lipinski definition) is 4. The van der Waals surface area contributed by atoms with Crippen molar-refractivity contribution in [3.05, 3.63) is 49.3 Å². The lowest BCUT2D eigenvalue weighted by atomic mass is 10.3. The van der Waals surface area contributed by atoms with Crippen LogP contribution in [0, 0.1) is 6.92 Å². The van der Waals surface area contributed by atoms with E-state index in [-0.39, 0.29) is 22.2 Å². The number of benzene rings is 1. The lowest BCUT2D eigenvalue weighted by Crippen LogP contribution is -2.15. The molecule has 0 aliphatic rings. The number of rotatable bonds is 4. The number of thioether (sulfide) groups is 1. The molecule has 2 rings (SSSR count). The Kier molecular flexibility index (Phi) is 5.74. The molecular formula is C13H10Cl3N3O2S. The van der Waals surface area contributed by atoms with E-state index in [0.29, 0.717) is 26.6 Å². The van der Waals surface area contributed by atoms with Crippen molar-refractivity contribution in [2.45, 2.75) is 12.1 Å². The fourth-order valence-electron chi connectivity index (χ4n) is 1.56. The van der Waals surface area contributed by atoms with Crippen LogP contribution in [0.4, 0.5) is 5.69 Å². The lowest BCUT2D eigenvalue weighted by molar-refractivity contribution is -0.113. The molecule has 0 radical (unpaired) electrons. The molecule has 9 heteroatoms. The molecule has 1 aromatic carbocycles. The number of halogens is 3. The summed E-state index contributed by atoms with van der Waals surface area (Å²) in [5.74, 6) is -0.252. The quantitative estimate of drug-likeness (QED) is 0.482. The van der Waals surface area contributed by atoms with E-state index in [4.69, 9.17) is 34.8 Å². The third kappa shape index (κ3) is 4.64. The van der Waals surface area contributed by atoms with Crippen LogP contribution in [0.1, 0.15) is 5.69 Å². The molecule has 1 amide bonds. The van der Waals surface area contributed by atoms with Crippen LogP contribution >= 0.6 is 46.6 Å². The van der Waals surface area contributed by atoms with Crippen molar-refractivity contribution < 1.29 is 4.79 Å². The van der Waals surface area contributed by atoms with Crippen molar-refractivity contribution in [3.63, 3.8) is 0 Å². The molecule has 1 heterocycles. The molecule has 1 aromatic heterocycles. The maximum Gasteiger partial charge on any atom is 0.251 e. The summed E-state index contributed by atoms with van der Waals surface area (Å²) in [5, 5.41) is 3.88. The Labute approximate surface area is 145 Å². The topological polar surface area (TPSA) is 74.8 Å². The monoisotopic (exact) mass is 377 g/mol. The maximum absolute atomic E-state index is 11.9. The molecule has 0 spiro atoms. The minimum absolute atomic E-state index is 0.0585. The normalized spacial score (nSPS) is 10.5. The van der Waals surface area contributed by atoms with Crippen LogP contribution in [-0.4, -0.2) is 21.6 Å². The number of H-pyrrole nitrogens is 1. The Balaban J connectivity index is 2.01. The van der Waals surface area contributed by atoms with Crippen molar-refractivity contribution in [2.75, 3.05) is 11.1 Å². The summed E-state index contributed by atoms with van der Waals surface area (Å²) in [5.41, 5.74) is 0.689. The van der Waals surface area contributed by atoms with Crippen LogP contribution in [0.3, 0.4) is 0 Å². The van der Waals surface area contributed by atoms with Crippen LogP contribution < -0.4 is 10.9 Å².